The van der Waals surface area contributed by atoms with E-state index in [2.05, 4.69) is 33.9 Å². The zero-order chi connectivity index (χ0) is 26.0. The molecule has 1 fully saturated rings. The molecule has 0 aromatic heterocycles. The predicted molar refractivity (Wildman–Crippen MR) is 131 cm³/mol. The van der Waals surface area contributed by atoms with Crippen molar-refractivity contribution < 1.29 is 33.0 Å². The second kappa shape index (κ2) is 10.8. The Labute approximate surface area is 202 Å². The molecule has 7 nitrogen and oxygen atoms in total. The Morgan fingerprint density at radius 1 is 0.909 bits per heavy atom. The summed E-state index contributed by atoms with van der Waals surface area (Å²) in [6.45, 7) is 25.8. The summed E-state index contributed by atoms with van der Waals surface area (Å²) in [6.07, 6.45) is -2.61. The van der Waals surface area contributed by atoms with E-state index in [1.54, 1.807) is 41.5 Å². The molecular weight excluding hydrogens is 440 g/mol. The number of hydrogen-bond donors (Lipinski definition) is 0. The second-order valence-electron chi connectivity index (χ2n) is 12.9. The zero-order valence-corrected chi connectivity index (χ0v) is 24.2. The lowest BCUT2D eigenvalue weighted by atomic mass is 9.95. The van der Waals surface area contributed by atoms with Crippen molar-refractivity contribution in [2.24, 2.45) is 10.8 Å². The number of hydrogen-bond acceptors (Lipinski definition) is 7. The van der Waals surface area contributed by atoms with Crippen molar-refractivity contribution in [2.75, 3.05) is 6.61 Å². The summed E-state index contributed by atoms with van der Waals surface area (Å²) in [5, 5.41) is 0.0539. The Morgan fingerprint density at radius 3 is 1.82 bits per heavy atom. The minimum atomic E-state index is -2.01. The van der Waals surface area contributed by atoms with E-state index >= 15 is 0 Å². The Hall–Kier alpha value is -0.963. The van der Waals surface area contributed by atoms with Gasteiger partial charge >= 0.3 is 11.9 Å². The molecule has 0 aromatic rings. The molecule has 33 heavy (non-hydrogen) atoms. The van der Waals surface area contributed by atoms with Crippen LogP contribution in [0.4, 0.5) is 0 Å². The average molecular weight is 489 g/mol. The van der Waals surface area contributed by atoms with Crippen molar-refractivity contribution in [3.05, 3.63) is 0 Å². The fraction of sp³-hybridized carbons (Fsp3) is 0.920. The Morgan fingerprint density at radius 2 is 1.39 bits per heavy atom. The zero-order valence-electron chi connectivity index (χ0n) is 23.2. The molecule has 0 radical (unpaired) electrons. The molecule has 0 amide bonds. The molecule has 8 heteroatoms. The third-order valence-corrected chi connectivity index (χ3v) is 10.5. The van der Waals surface area contributed by atoms with Crippen molar-refractivity contribution in [3.63, 3.8) is 0 Å². The molecule has 1 aliphatic heterocycles. The maximum atomic E-state index is 12.8. The van der Waals surface area contributed by atoms with Gasteiger partial charge in [0.25, 0.3) is 0 Å². The van der Waals surface area contributed by atoms with Crippen LogP contribution in [0.3, 0.4) is 0 Å². The van der Waals surface area contributed by atoms with Gasteiger partial charge < -0.3 is 23.4 Å². The minimum absolute atomic E-state index is 0.0539. The van der Waals surface area contributed by atoms with E-state index < -0.39 is 43.6 Å². The quantitative estimate of drug-likeness (QED) is 0.347. The number of carbonyl (C=O) groups excluding carboxylic acids is 2. The lowest BCUT2D eigenvalue weighted by Crippen LogP contribution is -2.56. The molecule has 1 aliphatic rings. The highest BCUT2D eigenvalue weighted by Crippen LogP contribution is 2.38. The lowest BCUT2D eigenvalue weighted by Gasteiger charge is -2.43. The number of carbonyl (C=O) groups is 2. The first-order valence-corrected chi connectivity index (χ1v) is 14.9. The normalized spacial score (nSPS) is 25.2. The van der Waals surface area contributed by atoms with E-state index in [-0.39, 0.29) is 23.2 Å². The van der Waals surface area contributed by atoms with Crippen LogP contribution in [0.1, 0.15) is 82.6 Å². The smallest absolute Gasteiger partial charge is 0.311 e. The molecule has 0 aromatic carbocycles. The van der Waals surface area contributed by atoms with E-state index in [4.69, 9.17) is 23.4 Å². The van der Waals surface area contributed by atoms with Gasteiger partial charge in [-0.3, -0.25) is 9.59 Å². The maximum absolute atomic E-state index is 12.8. The molecule has 0 N–H and O–H groups in total. The van der Waals surface area contributed by atoms with Gasteiger partial charge in [-0.2, -0.15) is 0 Å². The van der Waals surface area contributed by atoms with Crippen LogP contribution < -0.4 is 0 Å². The third-order valence-electron chi connectivity index (χ3n) is 6.03. The molecule has 0 aliphatic carbocycles. The summed E-state index contributed by atoms with van der Waals surface area (Å²) in [6, 6.07) is 0. The largest absolute Gasteiger partial charge is 0.458 e. The van der Waals surface area contributed by atoms with Crippen LogP contribution >= 0.6 is 0 Å². The van der Waals surface area contributed by atoms with Gasteiger partial charge in [0.1, 0.15) is 6.10 Å². The van der Waals surface area contributed by atoms with Gasteiger partial charge in [0.15, 0.2) is 20.7 Å². The third kappa shape index (κ3) is 8.96. The van der Waals surface area contributed by atoms with Crippen LogP contribution in [-0.2, 0) is 33.0 Å². The summed E-state index contributed by atoms with van der Waals surface area (Å²) < 4.78 is 30.4. The summed E-state index contributed by atoms with van der Waals surface area (Å²) in [7, 11) is -2.01. The first kappa shape index (κ1) is 30.1. The fourth-order valence-corrected chi connectivity index (χ4v) is 3.79. The van der Waals surface area contributed by atoms with Crippen molar-refractivity contribution >= 4 is 20.3 Å². The van der Waals surface area contributed by atoms with E-state index in [1.165, 1.54) is 0 Å². The fourth-order valence-electron chi connectivity index (χ4n) is 2.76. The van der Waals surface area contributed by atoms with Crippen LogP contribution in [0.5, 0.6) is 0 Å². The van der Waals surface area contributed by atoms with E-state index in [9.17, 15) is 9.59 Å². The van der Waals surface area contributed by atoms with Crippen LogP contribution in [-0.4, -0.2) is 57.6 Å². The number of esters is 2. The molecule has 0 unspecified atom stereocenters. The lowest BCUT2D eigenvalue weighted by molar-refractivity contribution is -0.289. The van der Waals surface area contributed by atoms with Gasteiger partial charge in [-0.25, -0.2) is 0 Å². The first-order chi connectivity index (χ1) is 14.6. The van der Waals surface area contributed by atoms with Crippen molar-refractivity contribution in [3.8, 4) is 0 Å². The summed E-state index contributed by atoms with van der Waals surface area (Å²) in [4.78, 5) is 25.5. The van der Waals surface area contributed by atoms with Crippen molar-refractivity contribution in [1.82, 2.24) is 0 Å². The van der Waals surface area contributed by atoms with Gasteiger partial charge in [-0.15, -0.1) is 0 Å². The second-order valence-corrected chi connectivity index (χ2v) is 17.7. The summed E-state index contributed by atoms with van der Waals surface area (Å²) in [5.74, 6) is -0.764. The molecule has 1 rings (SSSR count). The number of ether oxygens (including phenoxy) is 4. The highest BCUT2D eigenvalue weighted by atomic mass is 28.4. The van der Waals surface area contributed by atoms with E-state index in [0.29, 0.717) is 13.0 Å². The SMILES string of the molecule is CC(C)O[C@H]1O[C@H](CO[Si](C)(C)C(C)(C)C)C[C@H](OC(=O)C(C)(C)C)[C@@H]1OC(=O)C(C)(C)C. The van der Waals surface area contributed by atoms with Crippen molar-refractivity contribution in [1.29, 1.82) is 0 Å². The highest BCUT2D eigenvalue weighted by molar-refractivity contribution is 6.74. The number of rotatable bonds is 7. The van der Waals surface area contributed by atoms with Crippen molar-refractivity contribution in [2.45, 2.75) is 131 Å². The standard InChI is InChI=1S/C25H48O7Si/c1-16(2)29-20-19(32-22(27)24(6,7)8)18(31-21(26)23(3,4)5)14-17(30-20)15-28-33(12,13)25(9,10)11/h16-20H,14-15H2,1-13H3/t17-,18-,19-,20-/m0/s1. The van der Waals surface area contributed by atoms with Gasteiger partial charge in [-0.1, -0.05) is 20.8 Å². The molecule has 4 atom stereocenters. The minimum Gasteiger partial charge on any atom is -0.458 e. The Bertz CT molecular complexity index is 668. The predicted octanol–water partition coefficient (Wildman–Crippen LogP) is 5.46. The molecule has 1 heterocycles. The van der Waals surface area contributed by atoms with Crippen LogP contribution in [0.25, 0.3) is 0 Å². The topological polar surface area (TPSA) is 80.3 Å². The van der Waals surface area contributed by atoms with Gasteiger partial charge in [0.05, 0.1) is 29.6 Å². The van der Waals surface area contributed by atoms with E-state index in [1.807, 2.05) is 13.8 Å². The molecular formula is C25H48O7Si. The summed E-state index contributed by atoms with van der Waals surface area (Å²) in [5.41, 5.74) is -1.41. The van der Waals surface area contributed by atoms with Crippen LogP contribution in [0.15, 0.2) is 0 Å². The molecule has 0 bridgehead atoms. The van der Waals surface area contributed by atoms with Crippen LogP contribution in [0, 0.1) is 10.8 Å². The Balaban J connectivity index is 3.21. The molecule has 194 valence electrons. The summed E-state index contributed by atoms with van der Waals surface area (Å²) >= 11 is 0. The molecule has 0 saturated carbocycles. The maximum Gasteiger partial charge on any atom is 0.311 e. The monoisotopic (exact) mass is 488 g/mol. The first-order valence-electron chi connectivity index (χ1n) is 12.0. The van der Waals surface area contributed by atoms with Gasteiger partial charge in [0.2, 0.25) is 0 Å². The van der Waals surface area contributed by atoms with Gasteiger partial charge in [0, 0.05) is 6.42 Å². The average Bonchev–Trinajstić information content (AvgIpc) is 2.59. The highest BCUT2D eigenvalue weighted by Gasteiger charge is 2.47. The van der Waals surface area contributed by atoms with Gasteiger partial charge in [-0.05, 0) is 73.5 Å². The molecule has 1 saturated heterocycles. The Kier molecular flexibility index (Phi) is 9.80. The van der Waals surface area contributed by atoms with E-state index in [0.717, 1.165) is 0 Å². The molecule has 0 spiro atoms. The van der Waals surface area contributed by atoms with Crippen LogP contribution in [0.2, 0.25) is 18.1 Å².